The van der Waals surface area contributed by atoms with Crippen molar-refractivity contribution in [2.45, 2.75) is 32.0 Å². The Morgan fingerprint density at radius 2 is 2.07 bits per heavy atom. The van der Waals surface area contributed by atoms with Gasteiger partial charge in [0.05, 0.1) is 5.56 Å². The summed E-state index contributed by atoms with van der Waals surface area (Å²) in [7, 11) is 0. The number of pyridine rings is 1. The molecule has 0 spiro atoms. The van der Waals surface area contributed by atoms with E-state index in [9.17, 15) is 18.0 Å². The van der Waals surface area contributed by atoms with Crippen LogP contribution in [-0.4, -0.2) is 24.0 Å². The minimum atomic E-state index is -4.50. The highest BCUT2D eigenvalue weighted by molar-refractivity contribution is 5.75. The quantitative estimate of drug-likeness (QED) is 0.749. The number of halogens is 3. The molecule has 1 amide bonds. The lowest BCUT2D eigenvalue weighted by Gasteiger charge is -2.13. The lowest BCUT2D eigenvalue weighted by molar-refractivity contribution is -0.138. The second-order valence-corrected chi connectivity index (χ2v) is 6.77. The topological polar surface area (TPSA) is 63.2 Å². The standard InChI is InChI=1S/C20H22F3N3O2/c21-20(22,23)16-3-1-2-4-17(16)28-19-8-6-15(13-26-19)12-25-18(27)7-5-14-9-10-24-11-14/h1-4,6,8,13-14,24H,5,7,9-12H2,(H,25,27). The largest absolute Gasteiger partial charge is 0.438 e. The number of para-hydroxylation sites is 1. The van der Waals surface area contributed by atoms with Crippen LogP contribution in [0.5, 0.6) is 11.6 Å². The minimum Gasteiger partial charge on any atom is -0.438 e. The molecule has 1 aromatic carbocycles. The highest BCUT2D eigenvalue weighted by atomic mass is 19.4. The fourth-order valence-corrected chi connectivity index (χ4v) is 3.06. The van der Waals surface area contributed by atoms with Crippen molar-refractivity contribution in [1.29, 1.82) is 0 Å². The van der Waals surface area contributed by atoms with E-state index in [1.807, 2.05) is 0 Å². The maximum absolute atomic E-state index is 13.0. The predicted octanol–water partition coefficient (Wildman–Crippen LogP) is 3.90. The van der Waals surface area contributed by atoms with E-state index in [-0.39, 0.29) is 17.5 Å². The van der Waals surface area contributed by atoms with Gasteiger partial charge in [-0.05, 0) is 49.5 Å². The molecular weight excluding hydrogens is 371 g/mol. The van der Waals surface area contributed by atoms with Crippen molar-refractivity contribution in [3.8, 4) is 11.6 Å². The average Bonchev–Trinajstić information content (AvgIpc) is 3.19. The van der Waals surface area contributed by atoms with Crippen molar-refractivity contribution < 1.29 is 22.7 Å². The Hall–Kier alpha value is -2.61. The molecule has 1 unspecified atom stereocenters. The highest BCUT2D eigenvalue weighted by Gasteiger charge is 2.34. The van der Waals surface area contributed by atoms with Crippen molar-refractivity contribution in [1.82, 2.24) is 15.6 Å². The molecule has 1 aromatic heterocycles. The molecule has 1 saturated heterocycles. The highest BCUT2D eigenvalue weighted by Crippen LogP contribution is 2.37. The molecule has 0 aliphatic carbocycles. The molecule has 0 saturated carbocycles. The Kier molecular flexibility index (Phi) is 6.51. The van der Waals surface area contributed by atoms with Crippen LogP contribution in [0.3, 0.4) is 0 Å². The van der Waals surface area contributed by atoms with Crippen LogP contribution in [0.25, 0.3) is 0 Å². The number of amides is 1. The molecule has 1 aliphatic heterocycles. The van der Waals surface area contributed by atoms with E-state index < -0.39 is 11.7 Å². The molecule has 0 radical (unpaired) electrons. The van der Waals surface area contributed by atoms with E-state index in [1.165, 1.54) is 30.5 Å². The summed E-state index contributed by atoms with van der Waals surface area (Å²) in [6, 6.07) is 8.13. The van der Waals surface area contributed by atoms with Gasteiger partial charge in [-0.2, -0.15) is 13.2 Å². The third-order valence-electron chi connectivity index (χ3n) is 4.64. The van der Waals surface area contributed by atoms with Crippen LogP contribution in [0.2, 0.25) is 0 Å². The number of ether oxygens (including phenoxy) is 1. The molecule has 2 aromatic rings. The normalized spacial score (nSPS) is 16.8. The van der Waals surface area contributed by atoms with Gasteiger partial charge >= 0.3 is 6.18 Å². The summed E-state index contributed by atoms with van der Waals surface area (Å²) in [4.78, 5) is 16.0. The summed E-state index contributed by atoms with van der Waals surface area (Å²) in [6.07, 6.45) is -0.574. The molecule has 1 aliphatic rings. The number of hydrogen-bond donors (Lipinski definition) is 2. The first-order valence-corrected chi connectivity index (χ1v) is 9.18. The number of benzene rings is 1. The van der Waals surface area contributed by atoms with E-state index in [0.29, 0.717) is 18.9 Å². The van der Waals surface area contributed by atoms with Crippen LogP contribution in [0.1, 0.15) is 30.4 Å². The zero-order valence-corrected chi connectivity index (χ0v) is 15.3. The van der Waals surface area contributed by atoms with Gasteiger partial charge in [0.15, 0.2) is 0 Å². The van der Waals surface area contributed by atoms with Gasteiger partial charge in [-0.15, -0.1) is 0 Å². The Morgan fingerprint density at radius 1 is 1.25 bits per heavy atom. The number of carbonyl (C=O) groups excluding carboxylic acids is 1. The fraction of sp³-hybridized carbons (Fsp3) is 0.400. The van der Waals surface area contributed by atoms with E-state index in [1.54, 1.807) is 6.07 Å². The van der Waals surface area contributed by atoms with Gasteiger partial charge < -0.3 is 15.4 Å². The molecule has 2 heterocycles. The van der Waals surface area contributed by atoms with Crippen molar-refractivity contribution in [2.75, 3.05) is 13.1 Å². The fourth-order valence-electron chi connectivity index (χ4n) is 3.06. The minimum absolute atomic E-state index is 0.0219. The Labute approximate surface area is 161 Å². The molecule has 1 atom stereocenters. The van der Waals surface area contributed by atoms with Crippen LogP contribution in [0.4, 0.5) is 13.2 Å². The second-order valence-electron chi connectivity index (χ2n) is 6.77. The zero-order chi connectivity index (χ0) is 20.0. The smallest absolute Gasteiger partial charge is 0.419 e. The van der Waals surface area contributed by atoms with Gasteiger partial charge in [-0.3, -0.25) is 4.79 Å². The van der Waals surface area contributed by atoms with Gasteiger partial charge in [-0.1, -0.05) is 18.2 Å². The molecule has 8 heteroatoms. The first-order chi connectivity index (χ1) is 13.4. The Bertz CT molecular complexity index is 788. The third kappa shape index (κ3) is 5.69. The molecule has 5 nitrogen and oxygen atoms in total. The van der Waals surface area contributed by atoms with Crippen LogP contribution in [0.15, 0.2) is 42.6 Å². The number of aromatic nitrogens is 1. The van der Waals surface area contributed by atoms with Gasteiger partial charge in [0.2, 0.25) is 11.8 Å². The predicted molar refractivity (Wildman–Crippen MR) is 97.8 cm³/mol. The second kappa shape index (κ2) is 9.05. The van der Waals surface area contributed by atoms with Gasteiger partial charge in [0.1, 0.15) is 5.75 Å². The van der Waals surface area contributed by atoms with E-state index in [2.05, 4.69) is 15.6 Å². The summed E-state index contributed by atoms with van der Waals surface area (Å²) in [6.45, 7) is 2.30. The third-order valence-corrected chi connectivity index (χ3v) is 4.64. The number of nitrogens with one attached hydrogen (secondary N) is 2. The maximum atomic E-state index is 13.0. The summed E-state index contributed by atoms with van der Waals surface area (Å²) in [5.74, 6) is 0.292. The SMILES string of the molecule is O=C(CCC1CCNC1)NCc1ccc(Oc2ccccc2C(F)(F)F)nc1. The lowest BCUT2D eigenvalue weighted by atomic mass is 10.0. The Morgan fingerprint density at radius 3 is 2.75 bits per heavy atom. The van der Waals surface area contributed by atoms with Gasteiger partial charge in [-0.25, -0.2) is 4.98 Å². The van der Waals surface area contributed by atoms with Crippen molar-refractivity contribution in [2.24, 2.45) is 5.92 Å². The molecular formula is C20H22F3N3O2. The molecule has 150 valence electrons. The molecule has 3 rings (SSSR count). The van der Waals surface area contributed by atoms with E-state index >= 15 is 0 Å². The molecule has 28 heavy (non-hydrogen) atoms. The maximum Gasteiger partial charge on any atom is 0.419 e. The molecule has 2 N–H and O–H groups in total. The number of nitrogens with zero attached hydrogens (tertiary/aromatic N) is 1. The van der Waals surface area contributed by atoms with Gasteiger partial charge in [0, 0.05) is 25.2 Å². The first kappa shape index (κ1) is 20.1. The monoisotopic (exact) mass is 393 g/mol. The number of carbonyl (C=O) groups is 1. The lowest BCUT2D eigenvalue weighted by Crippen LogP contribution is -2.23. The number of rotatable bonds is 7. The zero-order valence-electron chi connectivity index (χ0n) is 15.3. The van der Waals surface area contributed by atoms with Crippen molar-refractivity contribution >= 4 is 5.91 Å². The Balaban J connectivity index is 1.50. The first-order valence-electron chi connectivity index (χ1n) is 9.18. The number of alkyl halides is 3. The van der Waals surface area contributed by atoms with Crippen molar-refractivity contribution in [3.63, 3.8) is 0 Å². The summed E-state index contributed by atoms with van der Waals surface area (Å²) in [5.41, 5.74) is -0.113. The summed E-state index contributed by atoms with van der Waals surface area (Å²) < 4.78 is 44.3. The van der Waals surface area contributed by atoms with Crippen LogP contribution >= 0.6 is 0 Å². The molecule has 1 fully saturated rings. The van der Waals surface area contributed by atoms with Gasteiger partial charge in [0.25, 0.3) is 0 Å². The summed E-state index contributed by atoms with van der Waals surface area (Å²) >= 11 is 0. The van der Waals surface area contributed by atoms with E-state index in [4.69, 9.17) is 4.74 Å². The van der Waals surface area contributed by atoms with Crippen LogP contribution in [-0.2, 0) is 17.5 Å². The van der Waals surface area contributed by atoms with Crippen LogP contribution in [0, 0.1) is 5.92 Å². The van der Waals surface area contributed by atoms with Crippen molar-refractivity contribution in [3.05, 3.63) is 53.7 Å². The van der Waals surface area contributed by atoms with E-state index in [0.717, 1.165) is 37.6 Å². The molecule has 0 bridgehead atoms. The number of hydrogen-bond acceptors (Lipinski definition) is 4. The average molecular weight is 393 g/mol. The summed E-state index contributed by atoms with van der Waals surface area (Å²) in [5, 5.41) is 6.11. The van der Waals surface area contributed by atoms with Crippen LogP contribution < -0.4 is 15.4 Å².